The summed E-state index contributed by atoms with van der Waals surface area (Å²) in [5.74, 6) is 1.22. The molecule has 0 spiro atoms. The summed E-state index contributed by atoms with van der Waals surface area (Å²) in [7, 11) is 4.48. The van der Waals surface area contributed by atoms with E-state index >= 15 is 0 Å². The third-order valence-corrected chi connectivity index (χ3v) is 5.72. The average molecular weight is 465 g/mol. The normalized spacial score (nSPS) is 10.7. The lowest BCUT2D eigenvalue weighted by molar-refractivity contribution is 0.0597. The molecule has 0 amide bonds. The zero-order valence-electron chi connectivity index (χ0n) is 19.3. The predicted molar refractivity (Wildman–Crippen MR) is 126 cm³/mol. The van der Waals surface area contributed by atoms with Crippen molar-refractivity contribution in [3.63, 3.8) is 0 Å². The van der Waals surface area contributed by atoms with Gasteiger partial charge < -0.3 is 24.1 Å². The number of ether oxygens (including phenoxy) is 4. The summed E-state index contributed by atoms with van der Waals surface area (Å²) in [5.41, 5.74) is 1.86. The molecular formula is C25H33ClO6. The van der Waals surface area contributed by atoms with Crippen LogP contribution in [0.2, 0.25) is 5.02 Å². The molecule has 0 aromatic heterocycles. The van der Waals surface area contributed by atoms with E-state index in [9.17, 15) is 9.90 Å². The number of aromatic hydroxyl groups is 1. The summed E-state index contributed by atoms with van der Waals surface area (Å²) >= 11 is 6.44. The van der Waals surface area contributed by atoms with Gasteiger partial charge in [-0.25, -0.2) is 4.79 Å². The van der Waals surface area contributed by atoms with Gasteiger partial charge in [-0.1, -0.05) is 43.9 Å². The van der Waals surface area contributed by atoms with E-state index in [2.05, 4.69) is 0 Å². The smallest absolute Gasteiger partial charge is 0.341 e. The molecule has 6 nitrogen and oxygen atoms in total. The van der Waals surface area contributed by atoms with E-state index < -0.39 is 5.97 Å². The van der Waals surface area contributed by atoms with Gasteiger partial charge >= 0.3 is 5.97 Å². The van der Waals surface area contributed by atoms with Crippen molar-refractivity contribution in [3.05, 3.63) is 46.0 Å². The Bertz CT molecular complexity index is 896. The van der Waals surface area contributed by atoms with Crippen LogP contribution >= 0.6 is 11.6 Å². The van der Waals surface area contributed by atoms with Crippen LogP contribution in [0.3, 0.4) is 0 Å². The van der Waals surface area contributed by atoms with Crippen molar-refractivity contribution in [1.29, 1.82) is 0 Å². The predicted octanol–water partition coefficient (Wildman–Crippen LogP) is 5.98. The second-order valence-electron chi connectivity index (χ2n) is 7.47. The SMILES string of the molecule is CCCc1c(OCCCCCCc2ccc(OC)c(OC)c2Cl)ccc(C(=O)OC)c1O. The number of hydrogen-bond acceptors (Lipinski definition) is 6. The second-order valence-corrected chi connectivity index (χ2v) is 7.84. The van der Waals surface area contributed by atoms with E-state index in [0.29, 0.717) is 40.9 Å². The molecule has 0 bridgehead atoms. The first-order valence-corrected chi connectivity index (χ1v) is 11.3. The summed E-state index contributed by atoms with van der Waals surface area (Å²) in [6.45, 7) is 2.56. The number of phenols is 1. The van der Waals surface area contributed by atoms with Gasteiger partial charge in [-0.3, -0.25) is 0 Å². The quantitative estimate of drug-likeness (QED) is 0.290. The number of esters is 1. The molecule has 2 rings (SSSR count). The molecule has 0 aliphatic heterocycles. The molecule has 2 aromatic rings. The van der Waals surface area contributed by atoms with Crippen LogP contribution in [-0.4, -0.2) is 39.0 Å². The maximum atomic E-state index is 11.8. The molecular weight excluding hydrogens is 432 g/mol. The molecule has 0 unspecified atom stereocenters. The lowest BCUT2D eigenvalue weighted by Crippen LogP contribution is -2.06. The zero-order valence-corrected chi connectivity index (χ0v) is 20.1. The van der Waals surface area contributed by atoms with Gasteiger partial charge in [0.05, 0.1) is 33.0 Å². The highest BCUT2D eigenvalue weighted by Crippen LogP contribution is 2.38. The standard InChI is InChI=1S/C25H33ClO6/c1-5-10-18-20(15-13-19(23(18)27)25(28)31-4)32-16-9-7-6-8-11-17-12-14-21(29-2)24(30-3)22(17)26/h12-15,27H,5-11,16H2,1-4H3. The van der Waals surface area contributed by atoms with Crippen LogP contribution in [0.15, 0.2) is 24.3 Å². The molecule has 0 fully saturated rings. The summed E-state index contributed by atoms with van der Waals surface area (Å²) in [4.78, 5) is 11.8. The second kappa shape index (κ2) is 13.1. The topological polar surface area (TPSA) is 74.2 Å². The number of carbonyl (C=O) groups is 1. The van der Waals surface area contributed by atoms with Crippen molar-refractivity contribution in [3.8, 4) is 23.0 Å². The number of carbonyl (C=O) groups excluding carboxylic acids is 1. The molecule has 0 atom stereocenters. The number of phenolic OH excluding ortho intramolecular Hbond substituents is 1. The number of unbranched alkanes of at least 4 members (excludes halogenated alkanes) is 3. The van der Waals surface area contributed by atoms with Gasteiger partial charge in [0.25, 0.3) is 0 Å². The summed E-state index contributed by atoms with van der Waals surface area (Å²) in [6, 6.07) is 7.13. The Balaban J connectivity index is 1.82. The van der Waals surface area contributed by atoms with Crippen LogP contribution in [0, 0.1) is 0 Å². The Labute approximate surface area is 195 Å². The van der Waals surface area contributed by atoms with Crippen LogP contribution in [0.1, 0.15) is 60.5 Å². The molecule has 1 N–H and O–H groups in total. The Morgan fingerprint density at radius 1 is 0.938 bits per heavy atom. The molecule has 0 aliphatic rings. The number of aryl methyl sites for hydroxylation is 1. The molecule has 0 saturated carbocycles. The molecule has 0 radical (unpaired) electrons. The van der Waals surface area contributed by atoms with E-state index in [4.69, 9.17) is 30.5 Å². The molecule has 0 heterocycles. The molecule has 7 heteroatoms. The monoisotopic (exact) mass is 464 g/mol. The first-order valence-electron chi connectivity index (χ1n) is 10.9. The number of halogens is 1. The molecule has 0 aliphatic carbocycles. The van der Waals surface area contributed by atoms with E-state index in [1.807, 2.05) is 19.1 Å². The number of rotatable bonds is 13. The minimum atomic E-state index is -0.555. The van der Waals surface area contributed by atoms with E-state index in [1.54, 1.807) is 26.4 Å². The minimum Gasteiger partial charge on any atom is -0.507 e. The maximum Gasteiger partial charge on any atom is 0.341 e. The fraction of sp³-hybridized carbons (Fsp3) is 0.480. The molecule has 0 saturated heterocycles. The first kappa shape index (κ1) is 25.7. The van der Waals surface area contributed by atoms with Crippen molar-refractivity contribution in [2.45, 2.75) is 51.9 Å². The number of hydrogen-bond donors (Lipinski definition) is 1. The Hall–Kier alpha value is -2.60. The number of benzene rings is 2. The largest absolute Gasteiger partial charge is 0.507 e. The highest BCUT2D eigenvalue weighted by Gasteiger charge is 2.18. The van der Waals surface area contributed by atoms with Crippen molar-refractivity contribution in [2.75, 3.05) is 27.9 Å². The Kier molecular flexibility index (Phi) is 10.5. The van der Waals surface area contributed by atoms with Crippen LogP contribution in [0.25, 0.3) is 0 Å². The third kappa shape index (κ3) is 6.45. The summed E-state index contributed by atoms with van der Waals surface area (Å²) in [6.07, 6.45) is 6.27. The lowest BCUT2D eigenvalue weighted by Gasteiger charge is -2.15. The van der Waals surface area contributed by atoms with Gasteiger partial charge in [-0.05, 0) is 49.4 Å². The van der Waals surface area contributed by atoms with Crippen molar-refractivity contribution in [1.82, 2.24) is 0 Å². The van der Waals surface area contributed by atoms with Crippen molar-refractivity contribution < 1.29 is 28.8 Å². The number of methoxy groups -OCH3 is 3. The fourth-order valence-corrected chi connectivity index (χ4v) is 3.92. The van der Waals surface area contributed by atoms with Gasteiger partial charge in [0.1, 0.15) is 17.1 Å². The van der Waals surface area contributed by atoms with Gasteiger partial charge in [-0.15, -0.1) is 0 Å². The van der Waals surface area contributed by atoms with Crippen molar-refractivity contribution >= 4 is 17.6 Å². The first-order chi connectivity index (χ1) is 15.5. The van der Waals surface area contributed by atoms with E-state index in [-0.39, 0.29) is 11.3 Å². The Morgan fingerprint density at radius 2 is 1.66 bits per heavy atom. The van der Waals surface area contributed by atoms with Crippen LogP contribution in [0.4, 0.5) is 0 Å². The summed E-state index contributed by atoms with van der Waals surface area (Å²) in [5, 5.41) is 11.1. The van der Waals surface area contributed by atoms with E-state index in [0.717, 1.165) is 44.1 Å². The maximum absolute atomic E-state index is 11.8. The van der Waals surface area contributed by atoms with E-state index in [1.165, 1.54) is 7.11 Å². The third-order valence-electron chi connectivity index (χ3n) is 5.31. The summed E-state index contributed by atoms with van der Waals surface area (Å²) < 4.78 is 21.3. The van der Waals surface area contributed by atoms with Gasteiger partial charge in [-0.2, -0.15) is 0 Å². The highest BCUT2D eigenvalue weighted by atomic mass is 35.5. The lowest BCUT2D eigenvalue weighted by atomic mass is 10.0. The van der Waals surface area contributed by atoms with Gasteiger partial charge in [0.2, 0.25) is 0 Å². The van der Waals surface area contributed by atoms with Crippen molar-refractivity contribution in [2.24, 2.45) is 0 Å². The molecule has 176 valence electrons. The van der Waals surface area contributed by atoms with Crippen LogP contribution in [0.5, 0.6) is 23.0 Å². The molecule has 32 heavy (non-hydrogen) atoms. The highest BCUT2D eigenvalue weighted by molar-refractivity contribution is 6.33. The minimum absolute atomic E-state index is 0.0528. The fourth-order valence-electron chi connectivity index (χ4n) is 3.60. The zero-order chi connectivity index (χ0) is 23.5. The molecule has 2 aromatic carbocycles. The van der Waals surface area contributed by atoms with Crippen LogP contribution < -0.4 is 14.2 Å². The average Bonchev–Trinajstić information content (AvgIpc) is 2.80. The Morgan fingerprint density at radius 3 is 2.31 bits per heavy atom. The van der Waals surface area contributed by atoms with Crippen LogP contribution in [-0.2, 0) is 17.6 Å². The van der Waals surface area contributed by atoms with Gasteiger partial charge in [0.15, 0.2) is 11.5 Å². The van der Waals surface area contributed by atoms with Gasteiger partial charge in [0, 0.05) is 5.56 Å².